The minimum absolute atomic E-state index is 0. The van der Waals surface area contributed by atoms with E-state index in [-0.39, 0.29) is 24.8 Å². The van der Waals surface area contributed by atoms with Crippen LogP contribution in [0.2, 0.25) is 0 Å². The molecule has 0 aromatic rings. The van der Waals surface area contributed by atoms with Gasteiger partial charge in [-0.15, -0.1) is 24.8 Å². The minimum atomic E-state index is 0. The van der Waals surface area contributed by atoms with Gasteiger partial charge < -0.3 is 11.1 Å². The van der Waals surface area contributed by atoms with Crippen LogP contribution in [0.4, 0.5) is 0 Å². The van der Waals surface area contributed by atoms with Crippen LogP contribution in [0, 0.1) is 0 Å². The Morgan fingerprint density at radius 3 is 1.89 bits per heavy atom. The number of rotatable bonds is 2. The van der Waals surface area contributed by atoms with Crippen molar-refractivity contribution in [2.45, 2.75) is 18.4 Å². The molecule has 58 valence electrons. The van der Waals surface area contributed by atoms with E-state index in [1.54, 1.807) is 0 Å². The van der Waals surface area contributed by atoms with E-state index in [2.05, 4.69) is 5.32 Å². The molecule has 4 heteroatoms. The first-order chi connectivity index (χ1) is 3.33. The van der Waals surface area contributed by atoms with Crippen LogP contribution in [0.15, 0.2) is 0 Å². The van der Waals surface area contributed by atoms with Gasteiger partial charge in [0.2, 0.25) is 0 Å². The van der Waals surface area contributed by atoms with Gasteiger partial charge in [0, 0.05) is 12.1 Å². The van der Waals surface area contributed by atoms with E-state index < -0.39 is 0 Å². The van der Waals surface area contributed by atoms with Gasteiger partial charge in [-0.2, -0.15) is 0 Å². The van der Waals surface area contributed by atoms with Gasteiger partial charge >= 0.3 is 0 Å². The molecule has 0 bridgehead atoms. The van der Waals surface area contributed by atoms with Gasteiger partial charge in [-0.05, 0) is 19.9 Å². The maximum atomic E-state index is 5.42. The third kappa shape index (κ3) is 2.72. The fourth-order valence-corrected chi connectivity index (χ4v) is 0.707. The van der Waals surface area contributed by atoms with Crippen molar-refractivity contribution in [1.29, 1.82) is 0 Å². The molecule has 0 heterocycles. The summed E-state index contributed by atoms with van der Waals surface area (Å²) < 4.78 is 0. The van der Waals surface area contributed by atoms with Gasteiger partial charge in [0.15, 0.2) is 0 Å². The van der Waals surface area contributed by atoms with Crippen molar-refractivity contribution in [3.05, 3.63) is 0 Å². The molecule has 0 saturated heterocycles. The average Bonchev–Trinajstić information content (AvgIpc) is 2.46. The molecule has 9 heavy (non-hydrogen) atoms. The average molecular weight is 173 g/mol. The normalized spacial score (nSPS) is 19.3. The zero-order valence-corrected chi connectivity index (χ0v) is 7.15. The summed E-state index contributed by atoms with van der Waals surface area (Å²) in [6.07, 6.45) is 2.53. The van der Waals surface area contributed by atoms with E-state index >= 15 is 0 Å². The third-order valence-corrected chi connectivity index (χ3v) is 1.77. The highest BCUT2D eigenvalue weighted by molar-refractivity contribution is 5.85. The molecule has 0 atom stereocenters. The lowest BCUT2D eigenvalue weighted by molar-refractivity contribution is 0.563. The van der Waals surface area contributed by atoms with Crippen molar-refractivity contribution in [2.75, 3.05) is 13.6 Å². The van der Waals surface area contributed by atoms with Gasteiger partial charge in [0.05, 0.1) is 0 Å². The highest BCUT2D eigenvalue weighted by Gasteiger charge is 2.38. The molecular formula is C5H14Cl2N2. The number of halogens is 2. The van der Waals surface area contributed by atoms with Crippen LogP contribution >= 0.6 is 24.8 Å². The predicted octanol–water partition coefficient (Wildman–Crippen LogP) is 0.541. The molecule has 1 aliphatic rings. The van der Waals surface area contributed by atoms with Crippen LogP contribution in [-0.2, 0) is 0 Å². The van der Waals surface area contributed by atoms with Gasteiger partial charge in [0.1, 0.15) is 0 Å². The number of nitrogens with one attached hydrogen (secondary N) is 1. The summed E-state index contributed by atoms with van der Waals surface area (Å²) in [6, 6.07) is 0. The molecule has 3 N–H and O–H groups in total. The van der Waals surface area contributed by atoms with E-state index in [9.17, 15) is 0 Å². The maximum Gasteiger partial charge on any atom is 0.0302 e. The first-order valence-electron chi connectivity index (χ1n) is 2.72. The standard InChI is InChI=1S/C5H12N2.2ClH/c1-7-5(4-6)2-3-5;;/h7H,2-4,6H2,1H3;2*1H. The second-order valence-corrected chi connectivity index (χ2v) is 2.23. The Bertz CT molecular complexity index is 67.4. The molecule has 1 saturated carbocycles. The van der Waals surface area contributed by atoms with Crippen LogP contribution in [0.5, 0.6) is 0 Å². The fraction of sp³-hybridized carbons (Fsp3) is 1.00. The topological polar surface area (TPSA) is 38.0 Å². The SMILES string of the molecule is CNC1(CN)CC1.Cl.Cl. The first kappa shape index (κ1) is 12.2. The van der Waals surface area contributed by atoms with E-state index in [1.807, 2.05) is 7.05 Å². The molecule has 1 fully saturated rings. The van der Waals surface area contributed by atoms with Crippen LogP contribution in [-0.4, -0.2) is 19.1 Å². The number of hydrogen-bond donors (Lipinski definition) is 2. The molecule has 0 spiro atoms. The van der Waals surface area contributed by atoms with Gasteiger partial charge in [-0.3, -0.25) is 0 Å². The molecule has 0 amide bonds. The highest BCUT2D eigenvalue weighted by atomic mass is 35.5. The molecule has 0 aromatic heterocycles. The number of hydrogen-bond acceptors (Lipinski definition) is 2. The zero-order chi connectivity index (χ0) is 5.33. The zero-order valence-electron chi connectivity index (χ0n) is 5.52. The minimum Gasteiger partial charge on any atom is -0.329 e. The van der Waals surface area contributed by atoms with Crippen molar-refractivity contribution in [1.82, 2.24) is 5.32 Å². The monoisotopic (exact) mass is 172 g/mol. The third-order valence-electron chi connectivity index (χ3n) is 1.77. The number of likely N-dealkylation sites (N-methyl/N-ethyl adjacent to an activating group) is 1. The van der Waals surface area contributed by atoms with E-state index in [4.69, 9.17) is 5.73 Å². The van der Waals surface area contributed by atoms with Gasteiger partial charge in [0.25, 0.3) is 0 Å². The van der Waals surface area contributed by atoms with Crippen molar-refractivity contribution < 1.29 is 0 Å². The summed E-state index contributed by atoms with van der Waals surface area (Å²) in [5, 5.41) is 3.18. The molecule has 1 rings (SSSR count). The van der Waals surface area contributed by atoms with E-state index in [0.29, 0.717) is 5.54 Å². The van der Waals surface area contributed by atoms with Crippen molar-refractivity contribution >= 4 is 24.8 Å². The summed E-state index contributed by atoms with van der Waals surface area (Å²) in [6.45, 7) is 0.795. The lowest BCUT2D eigenvalue weighted by Crippen LogP contribution is -2.35. The Morgan fingerprint density at radius 1 is 1.44 bits per heavy atom. The molecule has 0 aliphatic heterocycles. The van der Waals surface area contributed by atoms with Gasteiger partial charge in [-0.25, -0.2) is 0 Å². The summed E-state index contributed by atoms with van der Waals surface area (Å²) in [4.78, 5) is 0. The molecule has 1 aliphatic carbocycles. The molecule has 0 aromatic carbocycles. The highest BCUT2D eigenvalue weighted by Crippen LogP contribution is 2.32. The van der Waals surface area contributed by atoms with Crippen molar-refractivity contribution in [2.24, 2.45) is 5.73 Å². The Morgan fingerprint density at radius 2 is 1.89 bits per heavy atom. The summed E-state index contributed by atoms with van der Waals surface area (Å²) in [5.74, 6) is 0. The molecular weight excluding hydrogens is 159 g/mol. The van der Waals surface area contributed by atoms with Crippen LogP contribution in [0.25, 0.3) is 0 Å². The van der Waals surface area contributed by atoms with Crippen molar-refractivity contribution in [3.63, 3.8) is 0 Å². The Hall–Kier alpha value is 0.500. The lowest BCUT2D eigenvalue weighted by Gasteiger charge is -2.07. The quantitative estimate of drug-likeness (QED) is 0.639. The number of nitrogens with two attached hydrogens (primary N) is 1. The fourth-order valence-electron chi connectivity index (χ4n) is 0.707. The maximum absolute atomic E-state index is 5.42. The molecule has 0 radical (unpaired) electrons. The van der Waals surface area contributed by atoms with Crippen LogP contribution in [0.1, 0.15) is 12.8 Å². The Balaban J connectivity index is 0. The van der Waals surface area contributed by atoms with Crippen molar-refractivity contribution in [3.8, 4) is 0 Å². The predicted molar refractivity (Wildman–Crippen MR) is 44.6 cm³/mol. The second-order valence-electron chi connectivity index (χ2n) is 2.23. The Labute approximate surface area is 68.4 Å². The molecule has 2 nitrogen and oxygen atoms in total. The summed E-state index contributed by atoms with van der Waals surface area (Å²) >= 11 is 0. The largest absolute Gasteiger partial charge is 0.329 e. The lowest BCUT2D eigenvalue weighted by atomic mass is 10.3. The Kier molecular flexibility index (Phi) is 5.88. The van der Waals surface area contributed by atoms with E-state index in [0.717, 1.165) is 6.54 Å². The summed E-state index contributed by atoms with van der Waals surface area (Å²) in [7, 11) is 1.97. The van der Waals surface area contributed by atoms with Crippen LogP contribution in [0.3, 0.4) is 0 Å². The molecule has 0 unspecified atom stereocenters. The first-order valence-corrected chi connectivity index (χ1v) is 2.72. The van der Waals surface area contributed by atoms with Gasteiger partial charge in [-0.1, -0.05) is 0 Å². The van der Waals surface area contributed by atoms with Crippen LogP contribution < -0.4 is 11.1 Å². The summed E-state index contributed by atoms with van der Waals surface area (Å²) in [5.41, 5.74) is 5.78. The smallest absolute Gasteiger partial charge is 0.0302 e. The second kappa shape index (κ2) is 4.34. The van der Waals surface area contributed by atoms with E-state index in [1.165, 1.54) is 12.8 Å².